The number of epoxide rings is 1. The minimum Gasteiger partial charge on any atom is -0.367 e. The van der Waals surface area contributed by atoms with Gasteiger partial charge in [0.1, 0.15) is 0 Å². The van der Waals surface area contributed by atoms with Gasteiger partial charge in [-0.3, -0.25) is 0 Å². The molecule has 2 rings (SSSR count). The van der Waals surface area contributed by atoms with Gasteiger partial charge >= 0.3 is 0 Å². The normalized spacial score (nSPS) is 23.0. The van der Waals surface area contributed by atoms with Crippen molar-refractivity contribution in [1.29, 1.82) is 0 Å². The molecule has 1 aliphatic heterocycles. The molecule has 1 nitrogen and oxygen atoms in total. The van der Waals surface area contributed by atoms with E-state index in [4.69, 9.17) is 4.74 Å². The van der Waals surface area contributed by atoms with E-state index in [0.29, 0.717) is 6.10 Å². The molecular weight excluding hydrogens is 496 g/mol. The van der Waals surface area contributed by atoms with Crippen molar-refractivity contribution in [2.45, 2.75) is 113 Å². The van der Waals surface area contributed by atoms with E-state index in [0.717, 1.165) is 12.8 Å². The summed E-state index contributed by atoms with van der Waals surface area (Å²) in [6.45, 7) is 22.1. The van der Waals surface area contributed by atoms with E-state index in [-0.39, 0.29) is 11.0 Å². The third kappa shape index (κ3) is 13.5. The van der Waals surface area contributed by atoms with Crippen molar-refractivity contribution in [2.24, 2.45) is 5.41 Å². The maximum Gasteiger partial charge on any atom is 0.0892 e. The molecule has 0 aromatic rings. The molecule has 1 heteroatoms. The molecule has 1 fully saturated rings. The van der Waals surface area contributed by atoms with Crippen molar-refractivity contribution in [2.75, 3.05) is 0 Å². The van der Waals surface area contributed by atoms with Gasteiger partial charge in [0.05, 0.1) is 11.7 Å². The molecule has 2 aliphatic rings. The fourth-order valence-corrected chi connectivity index (χ4v) is 5.11. The Morgan fingerprint density at radius 2 is 1.17 bits per heavy atom. The first-order valence-electron chi connectivity index (χ1n) is 15.4. The molecule has 0 aromatic heterocycles. The summed E-state index contributed by atoms with van der Waals surface area (Å²) in [5, 5.41) is 0. The molecule has 1 atom stereocenters. The predicted molar refractivity (Wildman–Crippen MR) is 183 cm³/mol. The van der Waals surface area contributed by atoms with Crippen molar-refractivity contribution < 1.29 is 4.74 Å². The van der Waals surface area contributed by atoms with Gasteiger partial charge in [-0.2, -0.15) is 0 Å². The zero-order chi connectivity index (χ0) is 30.5. The Morgan fingerprint density at radius 1 is 0.707 bits per heavy atom. The molecule has 0 N–H and O–H groups in total. The van der Waals surface area contributed by atoms with Gasteiger partial charge in [-0.15, -0.1) is 0 Å². The number of hydrogen-bond donors (Lipinski definition) is 0. The Kier molecular flexibility index (Phi) is 13.8. The van der Waals surface area contributed by atoms with Crippen LogP contribution in [-0.4, -0.2) is 11.7 Å². The van der Waals surface area contributed by atoms with E-state index >= 15 is 0 Å². The van der Waals surface area contributed by atoms with E-state index in [1.54, 1.807) is 5.57 Å². The Bertz CT molecular complexity index is 1220. The lowest BCUT2D eigenvalue weighted by atomic mass is 9.72. The van der Waals surface area contributed by atoms with E-state index in [9.17, 15) is 0 Å². The molecule has 0 radical (unpaired) electrons. The molecule has 1 heterocycles. The van der Waals surface area contributed by atoms with E-state index < -0.39 is 0 Å². The summed E-state index contributed by atoms with van der Waals surface area (Å²) in [5.74, 6) is 0. The van der Waals surface area contributed by atoms with Crippen LogP contribution < -0.4 is 0 Å². The van der Waals surface area contributed by atoms with Gasteiger partial charge in [-0.25, -0.2) is 0 Å². The third-order valence-electron chi connectivity index (χ3n) is 8.03. The van der Waals surface area contributed by atoms with Gasteiger partial charge in [0.25, 0.3) is 0 Å². The van der Waals surface area contributed by atoms with Crippen LogP contribution in [-0.2, 0) is 4.74 Å². The lowest BCUT2D eigenvalue weighted by Gasteiger charge is -2.32. The van der Waals surface area contributed by atoms with Gasteiger partial charge in [0.2, 0.25) is 0 Å². The molecule has 0 spiro atoms. The van der Waals surface area contributed by atoms with Gasteiger partial charge in [0.15, 0.2) is 0 Å². The summed E-state index contributed by atoms with van der Waals surface area (Å²) in [6.07, 6.45) is 38.9. The fraction of sp³-hybridized carbons (Fsp3) is 0.450. The predicted octanol–water partition coefficient (Wildman–Crippen LogP) is 12.0. The zero-order valence-corrected chi connectivity index (χ0v) is 27.7. The second-order valence-electron chi connectivity index (χ2n) is 13.1. The molecule has 0 aromatic carbocycles. The Labute approximate surface area is 252 Å². The van der Waals surface area contributed by atoms with Crippen LogP contribution in [0.4, 0.5) is 0 Å². The summed E-state index contributed by atoms with van der Waals surface area (Å²) in [7, 11) is 0. The second-order valence-corrected chi connectivity index (χ2v) is 13.1. The molecule has 1 unspecified atom stereocenters. The van der Waals surface area contributed by atoms with Crippen molar-refractivity contribution in [3.8, 4) is 0 Å². The van der Waals surface area contributed by atoms with Crippen LogP contribution in [0.3, 0.4) is 0 Å². The first-order valence-corrected chi connectivity index (χ1v) is 15.4. The average Bonchev–Trinajstić information content (AvgIpc) is 3.50. The monoisotopic (exact) mass is 552 g/mol. The quantitative estimate of drug-likeness (QED) is 0.163. The van der Waals surface area contributed by atoms with E-state index in [1.807, 2.05) is 0 Å². The largest absolute Gasteiger partial charge is 0.367 e. The highest BCUT2D eigenvalue weighted by Gasteiger charge is 2.46. The summed E-state index contributed by atoms with van der Waals surface area (Å²) in [5.41, 5.74) is 9.78. The molecule has 1 aliphatic carbocycles. The molecule has 0 saturated carbocycles. The lowest BCUT2D eigenvalue weighted by molar-refractivity contribution is 0.320. The second kappa shape index (κ2) is 16.5. The lowest BCUT2D eigenvalue weighted by Crippen LogP contribution is -2.19. The molecule has 1 saturated heterocycles. The Hall–Kier alpha value is -2.90. The van der Waals surface area contributed by atoms with Gasteiger partial charge in [-0.1, -0.05) is 138 Å². The molecular formula is C40H56O. The van der Waals surface area contributed by atoms with Crippen LogP contribution in [0.25, 0.3) is 0 Å². The third-order valence-corrected chi connectivity index (χ3v) is 8.03. The van der Waals surface area contributed by atoms with Crippen LogP contribution in [0.1, 0.15) is 101 Å². The van der Waals surface area contributed by atoms with Crippen LogP contribution in [0, 0.1) is 5.41 Å². The van der Waals surface area contributed by atoms with Crippen molar-refractivity contribution in [1.82, 2.24) is 0 Å². The molecule has 0 bridgehead atoms. The molecule has 41 heavy (non-hydrogen) atoms. The highest BCUT2D eigenvalue weighted by molar-refractivity contribution is 5.37. The SMILES string of the molecule is CC1=C(/C=C/C(C)=C/C=C/C(C)=C/C=C/C=C(C)/C=C/C=C(C)/C=C/C=C(\C)CCC2OC2(C)C)C(C)(C)CCC1. The van der Waals surface area contributed by atoms with E-state index in [1.165, 1.54) is 52.7 Å². The summed E-state index contributed by atoms with van der Waals surface area (Å²) >= 11 is 0. The Morgan fingerprint density at radius 3 is 1.66 bits per heavy atom. The number of allylic oxidation sites excluding steroid dienone is 22. The maximum absolute atomic E-state index is 5.67. The first kappa shape index (κ1) is 34.3. The van der Waals surface area contributed by atoms with Crippen molar-refractivity contribution in [3.05, 3.63) is 130 Å². The van der Waals surface area contributed by atoms with Crippen LogP contribution in [0.5, 0.6) is 0 Å². The Balaban J connectivity index is 1.79. The van der Waals surface area contributed by atoms with Gasteiger partial charge in [-0.05, 0) is 98.5 Å². The topological polar surface area (TPSA) is 12.5 Å². The summed E-state index contributed by atoms with van der Waals surface area (Å²) < 4.78 is 5.67. The van der Waals surface area contributed by atoms with Gasteiger partial charge in [0, 0.05) is 0 Å². The number of ether oxygens (including phenoxy) is 1. The fourth-order valence-electron chi connectivity index (χ4n) is 5.11. The minimum absolute atomic E-state index is 0.0930. The first-order chi connectivity index (χ1) is 19.3. The van der Waals surface area contributed by atoms with Gasteiger partial charge < -0.3 is 4.74 Å². The van der Waals surface area contributed by atoms with Crippen molar-refractivity contribution >= 4 is 0 Å². The average molecular weight is 553 g/mol. The van der Waals surface area contributed by atoms with Crippen LogP contribution >= 0.6 is 0 Å². The maximum atomic E-state index is 5.67. The highest BCUT2D eigenvalue weighted by Crippen LogP contribution is 2.41. The number of rotatable bonds is 13. The van der Waals surface area contributed by atoms with Crippen LogP contribution in [0.2, 0.25) is 0 Å². The molecule has 0 amide bonds. The highest BCUT2D eigenvalue weighted by atomic mass is 16.6. The van der Waals surface area contributed by atoms with Crippen molar-refractivity contribution in [3.63, 3.8) is 0 Å². The van der Waals surface area contributed by atoms with Crippen LogP contribution in [0.15, 0.2) is 130 Å². The standard InChI is InChI=1S/C40H56O/c1-31(19-13-21-33(3)22-15-24-35(5)27-29-38-40(9,10)41-38)17-11-12-18-32(2)20-14-23-34(4)26-28-37-36(6)25-16-30-39(37,7)8/h11-15,17-24,26,28,38H,16,25,27,29-30H2,1-10H3/b12-11+,19-13+,20-14+,22-15+,28-26+,31-17+,32-18+,33-21+,34-23+,35-24+. The zero-order valence-electron chi connectivity index (χ0n) is 27.7. The van der Waals surface area contributed by atoms with E-state index in [2.05, 4.69) is 160 Å². The smallest absolute Gasteiger partial charge is 0.0892 e. The number of hydrogen-bond acceptors (Lipinski definition) is 1. The summed E-state index contributed by atoms with van der Waals surface area (Å²) in [4.78, 5) is 0. The summed E-state index contributed by atoms with van der Waals surface area (Å²) in [6, 6.07) is 0. The molecule has 222 valence electrons. The minimum atomic E-state index is 0.0930.